The average molecular weight is 353 g/mol. The summed E-state index contributed by atoms with van der Waals surface area (Å²) in [5.41, 5.74) is -1.33. The largest absolute Gasteiger partial charge is 0.383 e. The first-order valence-electron chi connectivity index (χ1n) is 5.41. The molecule has 0 saturated heterocycles. The van der Waals surface area contributed by atoms with Crippen molar-refractivity contribution < 1.29 is 23.2 Å². The van der Waals surface area contributed by atoms with E-state index in [0.29, 0.717) is 18.7 Å². The van der Waals surface area contributed by atoms with Crippen LogP contribution in [0.25, 0.3) is 0 Å². The van der Waals surface area contributed by atoms with Gasteiger partial charge in [0.05, 0.1) is 22.4 Å². The Balaban J connectivity index is 2.92. The number of methoxy groups -OCH3 is 1. The molecule has 0 aliphatic carbocycles. The minimum atomic E-state index is -1.38. The molecule has 6 nitrogen and oxygen atoms in total. The van der Waals surface area contributed by atoms with Gasteiger partial charge in [-0.05, 0) is 6.07 Å². The van der Waals surface area contributed by atoms with Gasteiger partial charge in [-0.3, -0.25) is 14.9 Å². The van der Waals surface area contributed by atoms with Gasteiger partial charge in [0.2, 0.25) is 0 Å². The molecule has 9 heteroatoms. The molecule has 110 valence electrons. The van der Waals surface area contributed by atoms with Gasteiger partial charge in [-0.2, -0.15) is 0 Å². The van der Waals surface area contributed by atoms with E-state index in [1.54, 1.807) is 0 Å². The standard InChI is InChI=1S/C11H11BrF2N2O4/c1-20-5-6(12)4-15-11(17)7-2-8(13)9(14)3-10(7)16(18)19/h2-3,6H,4-5H2,1H3,(H,15,17). The third-order valence-corrected chi connectivity index (χ3v) is 2.90. The Hall–Kier alpha value is -1.61. The van der Waals surface area contributed by atoms with E-state index in [-0.39, 0.29) is 11.4 Å². The van der Waals surface area contributed by atoms with E-state index >= 15 is 0 Å². The number of carbonyl (C=O) groups excluding carboxylic acids is 1. The Labute approximate surface area is 121 Å². The van der Waals surface area contributed by atoms with Crippen LogP contribution < -0.4 is 5.32 Å². The second-order valence-electron chi connectivity index (χ2n) is 3.80. The van der Waals surface area contributed by atoms with Gasteiger partial charge in [0, 0.05) is 13.7 Å². The predicted octanol–water partition coefficient (Wildman–Crippen LogP) is 2.01. The predicted molar refractivity (Wildman–Crippen MR) is 69.9 cm³/mol. The van der Waals surface area contributed by atoms with Crippen molar-refractivity contribution in [1.29, 1.82) is 0 Å². The Morgan fingerprint density at radius 3 is 2.65 bits per heavy atom. The van der Waals surface area contributed by atoms with E-state index < -0.39 is 33.7 Å². The average Bonchev–Trinajstić information content (AvgIpc) is 2.38. The smallest absolute Gasteiger partial charge is 0.285 e. The molecule has 0 aliphatic heterocycles. The van der Waals surface area contributed by atoms with E-state index in [1.807, 2.05) is 0 Å². The van der Waals surface area contributed by atoms with Crippen LogP contribution in [0.2, 0.25) is 0 Å². The van der Waals surface area contributed by atoms with Crippen LogP contribution >= 0.6 is 15.9 Å². The van der Waals surface area contributed by atoms with Crippen LogP contribution in [0.1, 0.15) is 10.4 Å². The second kappa shape index (κ2) is 7.25. The molecular weight excluding hydrogens is 342 g/mol. The summed E-state index contributed by atoms with van der Waals surface area (Å²) in [5.74, 6) is -3.57. The van der Waals surface area contributed by atoms with Gasteiger partial charge >= 0.3 is 0 Å². The summed E-state index contributed by atoms with van der Waals surface area (Å²) in [5, 5.41) is 13.1. The zero-order chi connectivity index (χ0) is 15.3. The Morgan fingerprint density at radius 1 is 1.50 bits per heavy atom. The van der Waals surface area contributed by atoms with Crippen molar-refractivity contribution in [2.24, 2.45) is 0 Å². The highest BCUT2D eigenvalue weighted by Gasteiger charge is 2.24. The quantitative estimate of drug-likeness (QED) is 0.482. The van der Waals surface area contributed by atoms with E-state index in [0.717, 1.165) is 0 Å². The number of nitro groups is 1. The van der Waals surface area contributed by atoms with Crippen LogP contribution in [0.4, 0.5) is 14.5 Å². The lowest BCUT2D eigenvalue weighted by atomic mass is 10.1. The first kappa shape index (κ1) is 16.4. The summed E-state index contributed by atoms with van der Waals surface area (Å²) in [4.78, 5) is 21.4. The summed E-state index contributed by atoms with van der Waals surface area (Å²) in [6.07, 6.45) is 0. The van der Waals surface area contributed by atoms with Gasteiger partial charge in [-0.15, -0.1) is 0 Å². The van der Waals surface area contributed by atoms with Crippen LogP contribution in [0.15, 0.2) is 12.1 Å². The molecule has 1 atom stereocenters. The van der Waals surface area contributed by atoms with Crippen molar-refractivity contribution >= 4 is 27.5 Å². The lowest BCUT2D eigenvalue weighted by molar-refractivity contribution is -0.385. The lowest BCUT2D eigenvalue weighted by Gasteiger charge is -2.10. The highest BCUT2D eigenvalue weighted by molar-refractivity contribution is 9.09. The molecule has 0 saturated carbocycles. The number of nitrogens with one attached hydrogen (secondary N) is 1. The van der Waals surface area contributed by atoms with E-state index in [1.165, 1.54) is 7.11 Å². The zero-order valence-corrected chi connectivity index (χ0v) is 11.9. The van der Waals surface area contributed by atoms with Crippen molar-refractivity contribution in [3.05, 3.63) is 39.4 Å². The molecule has 0 aliphatic rings. The second-order valence-corrected chi connectivity index (χ2v) is 5.10. The van der Waals surface area contributed by atoms with Crippen LogP contribution in [0, 0.1) is 21.7 Å². The van der Waals surface area contributed by atoms with Gasteiger partial charge in [-0.1, -0.05) is 15.9 Å². The number of halogens is 3. The molecule has 1 amide bonds. The zero-order valence-electron chi connectivity index (χ0n) is 10.4. The first-order valence-corrected chi connectivity index (χ1v) is 6.33. The van der Waals surface area contributed by atoms with Crippen LogP contribution in [-0.4, -0.2) is 35.9 Å². The molecule has 0 bridgehead atoms. The molecule has 1 rings (SSSR count). The van der Waals surface area contributed by atoms with Crippen LogP contribution in [0.3, 0.4) is 0 Å². The van der Waals surface area contributed by atoms with Crippen molar-refractivity contribution in [2.45, 2.75) is 4.83 Å². The first-order chi connectivity index (χ1) is 9.36. The highest BCUT2D eigenvalue weighted by Crippen LogP contribution is 2.22. The maximum Gasteiger partial charge on any atom is 0.285 e. The Kier molecular flexibility index (Phi) is 5.96. The highest BCUT2D eigenvalue weighted by atomic mass is 79.9. The number of carbonyl (C=O) groups is 1. The third-order valence-electron chi connectivity index (χ3n) is 2.31. The molecule has 0 fully saturated rings. The van der Waals surface area contributed by atoms with Crippen molar-refractivity contribution in [3.8, 4) is 0 Å². The van der Waals surface area contributed by atoms with Gasteiger partial charge in [0.25, 0.3) is 11.6 Å². The van der Waals surface area contributed by atoms with Crippen molar-refractivity contribution in [2.75, 3.05) is 20.3 Å². The molecule has 1 aromatic rings. The topological polar surface area (TPSA) is 81.5 Å². The van der Waals surface area contributed by atoms with Crippen LogP contribution in [-0.2, 0) is 4.74 Å². The number of hydrogen-bond acceptors (Lipinski definition) is 4. The fourth-order valence-electron chi connectivity index (χ4n) is 1.41. The molecular formula is C11H11BrF2N2O4. The summed E-state index contributed by atoms with van der Waals surface area (Å²) in [6.45, 7) is 0.420. The van der Waals surface area contributed by atoms with Gasteiger partial charge in [-0.25, -0.2) is 8.78 Å². The van der Waals surface area contributed by atoms with Gasteiger partial charge < -0.3 is 10.1 Å². The van der Waals surface area contributed by atoms with Gasteiger partial charge in [0.1, 0.15) is 5.56 Å². The minimum Gasteiger partial charge on any atom is -0.383 e. The molecule has 0 aromatic heterocycles. The normalized spacial score (nSPS) is 12.0. The molecule has 1 unspecified atom stereocenters. The molecule has 20 heavy (non-hydrogen) atoms. The van der Waals surface area contributed by atoms with Crippen LogP contribution in [0.5, 0.6) is 0 Å². The summed E-state index contributed by atoms with van der Waals surface area (Å²) < 4.78 is 30.9. The third kappa shape index (κ3) is 4.20. The van der Waals surface area contributed by atoms with E-state index in [2.05, 4.69) is 21.2 Å². The molecule has 0 radical (unpaired) electrons. The Morgan fingerprint density at radius 2 is 2.10 bits per heavy atom. The number of ether oxygens (including phenoxy) is 1. The summed E-state index contributed by atoms with van der Waals surface area (Å²) >= 11 is 3.20. The maximum atomic E-state index is 13.1. The summed E-state index contributed by atoms with van der Waals surface area (Å²) in [6, 6.07) is 0.882. The van der Waals surface area contributed by atoms with E-state index in [4.69, 9.17) is 4.74 Å². The van der Waals surface area contributed by atoms with Crippen molar-refractivity contribution in [3.63, 3.8) is 0 Å². The van der Waals surface area contributed by atoms with Crippen molar-refractivity contribution in [1.82, 2.24) is 5.32 Å². The molecule has 1 N–H and O–H groups in total. The number of nitro benzene ring substituents is 1. The SMILES string of the molecule is COCC(Br)CNC(=O)c1cc(F)c(F)cc1[N+](=O)[O-]. The van der Waals surface area contributed by atoms with Gasteiger partial charge in [0.15, 0.2) is 11.6 Å². The number of benzene rings is 1. The monoisotopic (exact) mass is 352 g/mol. The minimum absolute atomic E-state index is 0.114. The molecule has 0 heterocycles. The number of nitrogens with zero attached hydrogens (tertiary/aromatic N) is 1. The summed E-state index contributed by atoms with van der Waals surface area (Å²) in [7, 11) is 1.47. The maximum absolute atomic E-state index is 13.1. The fraction of sp³-hybridized carbons (Fsp3) is 0.364. The number of amides is 1. The fourth-order valence-corrected chi connectivity index (χ4v) is 1.83. The molecule has 1 aromatic carbocycles. The van der Waals surface area contributed by atoms with E-state index in [9.17, 15) is 23.7 Å². The number of alkyl halides is 1. The number of rotatable bonds is 6. The lowest BCUT2D eigenvalue weighted by Crippen LogP contribution is -2.32. The number of hydrogen-bond donors (Lipinski definition) is 1. The molecule has 0 spiro atoms. The Bertz CT molecular complexity index is 527.